The molecule has 1 amide bonds. The van der Waals surface area contributed by atoms with Crippen molar-refractivity contribution >= 4 is 29.1 Å². The van der Waals surface area contributed by atoms with Gasteiger partial charge in [-0.25, -0.2) is 4.98 Å². The minimum absolute atomic E-state index is 0.225. The molecule has 1 aromatic rings. The SMILES string of the molecule is CC1(O)CCN(C(=O)c2cc(Cl)ncc2Cl)C1. The van der Waals surface area contributed by atoms with E-state index in [0.29, 0.717) is 25.1 Å². The first-order valence-electron chi connectivity index (χ1n) is 5.22. The van der Waals surface area contributed by atoms with Crippen LogP contribution in [0.2, 0.25) is 10.2 Å². The third-order valence-electron chi connectivity index (χ3n) is 2.79. The summed E-state index contributed by atoms with van der Waals surface area (Å²) in [4.78, 5) is 17.5. The molecule has 0 bridgehead atoms. The van der Waals surface area contributed by atoms with E-state index in [4.69, 9.17) is 23.2 Å². The summed E-state index contributed by atoms with van der Waals surface area (Å²) in [5.74, 6) is -0.225. The third-order valence-corrected chi connectivity index (χ3v) is 3.30. The van der Waals surface area contributed by atoms with E-state index in [-0.39, 0.29) is 16.1 Å². The van der Waals surface area contributed by atoms with Gasteiger partial charge in [0.15, 0.2) is 0 Å². The van der Waals surface area contributed by atoms with Gasteiger partial charge >= 0.3 is 0 Å². The number of nitrogens with zero attached hydrogens (tertiary/aromatic N) is 2. The van der Waals surface area contributed by atoms with Gasteiger partial charge in [-0.05, 0) is 19.4 Å². The van der Waals surface area contributed by atoms with E-state index >= 15 is 0 Å². The maximum absolute atomic E-state index is 12.2. The number of hydrogen-bond acceptors (Lipinski definition) is 3. The van der Waals surface area contributed by atoms with Crippen LogP contribution in [0.1, 0.15) is 23.7 Å². The predicted molar refractivity (Wildman–Crippen MR) is 65.4 cm³/mol. The van der Waals surface area contributed by atoms with Gasteiger partial charge in [0.1, 0.15) is 5.15 Å². The second-order valence-corrected chi connectivity index (χ2v) is 5.25. The molecule has 0 radical (unpaired) electrons. The fraction of sp³-hybridized carbons (Fsp3) is 0.455. The van der Waals surface area contributed by atoms with Crippen LogP contribution in [0.3, 0.4) is 0 Å². The van der Waals surface area contributed by atoms with E-state index in [9.17, 15) is 9.90 Å². The van der Waals surface area contributed by atoms with Gasteiger partial charge in [-0.15, -0.1) is 0 Å². The first kappa shape index (κ1) is 12.6. The van der Waals surface area contributed by atoms with Crippen LogP contribution in [0.15, 0.2) is 12.3 Å². The first-order valence-corrected chi connectivity index (χ1v) is 5.97. The van der Waals surface area contributed by atoms with E-state index < -0.39 is 5.60 Å². The molecule has 92 valence electrons. The molecule has 0 saturated carbocycles. The molecule has 1 atom stereocenters. The van der Waals surface area contributed by atoms with Crippen LogP contribution in [-0.2, 0) is 0 Å². The van der Waals surface area contributed by atoms with Crippen molar-refractivity contribution in [2.45, 2.75) is 18.9 Å². The average Bonchev–Trinajstić information content (AvgIpc) is 2.61. The molecule has 4 nitrogen and oxygen atoms in total. The highest BCUT2D eigenvalue weighted by atomic mass is 35.5. The number of carbonyl (C=O) groups is 1. The largest absolute Gasteiger partial charge is 0.388 e. The number of pyridine rings is 1. The van der Waals surface area contributed by atoms with Crippen molar-refractivity contribution in [2.24, 2.45) is 0 Å². The van der Waals surface area contributed by atoms with Crippen molar-refractivity contribution < 1.29 is 9.90 Å². The van der Waals surface area contributed by atoms with Crippen LogP contribution in [-0.4, -0.2) is 39.6 Å². The quantitative estimate of drug-likeness (QED) is 0.797. The first-order chi connectivity index (χ1) is 7.89. The van der Waals surface area contributed by atoms with Crippen molar-refractivity contribution in [3.8, 4) is 0 Å². The van der Waals surface area contributed by atoms with Crippen LogP contribution >= 0.6 is 23.2 Å². The summed E-state index contributed by atoms with van der Waals surface area (Å²) in [6.07, 6.45) is 1.92. The highest BCUT2D eigenvalue weighted by molar-refractivity contribution is 6.35. The maximum atomic E-state index is 12.2. The summed E-state index contributed by atoms with van der Waals surface area (Å²) in [7, 11) is 0. The molecule has 2 heterocycles. The fourth-order valence-corrected chi connectivity index (χ4v) is 2.21. The third kappa shape index (κ3) is 2.70. The van der Waals surface area contributed by atoms with Crippen LogP contribution < -0.4 is 0 Å². The van der Waals surface area contributed by atoms with Gasteiger partial charge in [0.05, 0.1) is 16.2 Å². The smallest absolute Gasteiger partial charge is 0.255 e. The number of likely N-dealkylation sites (tertiary alicyclic amines) is 1. The Morgan fingerprint density at radius 1 is 1.59 bits per heavy atom. The zero-order valence-electron chi connectivity index (χ0n) is 9.28. The molecule has 6 heteroatoms. The van der Waals surface area contributed by atoms with Gasteiger partial charge in [-0.1, -0.05) is 23.2 Å². The van der Waals surface area contributed by atoms with Crippen LogP contribution in [0.4, 0.5) is 0 Å². The number of carbonyl (C=O) groups excluding carboxylic acids is 1. The Morgan fingerprint density at radius 2 is 2.29 bits per heavy atom. The highest BCUT2D eigenvalue weighted by Gasteiger charge is 2.34. The molecule has 1 unspecified atom stereocenters. The lowest BCUT2D eigenvalue weighted by atomic mass is 10.1. The van der Waals surface area contributed by atoms with E-state index in [1.54, 1.807) is 11.8 Å². The molecule has 1 saturated heterocycles. The molecular weight excluding hydrogens is 263 g/mol. The van der Waals surface area contributed by atoms with E-state index in [0.717, 1.165) is 0 Å². The van der Waals surface area contributed by atoms with Gasteiger partial charge in [-0.3, -0.25) is 4.79 Å². The summed E-state index contributed by atoms with van der Waals surface area (Å²) in [5, 5.41) is 10.3. The minimum atomic E-state index is -0.820. The second-order valence-electron chi connectivity index (χ2n) is 4.46. The molecule has 1 fully saturated rings. The molecule has 0 aliphatic carbocycles. The highest BCUT2D eigenvalue weighted by Crippen LogP contribution is 2.25. The molecule has 1 aromatic heterocycles. The monoisotopic (exact) mass is 274 g/mol. The van der Waals surface area contributed by atoms with Gasteiger partial charge in [0.25, 0.3) is 5.91 Å². The van der Waals surface area contributed by atoms with Gasteiger partial charge in [0, 0.05) is 19.3 Å². The Hall–Kier alpha value is -0.840. The van der Waals surface area contributed by atoms with E-state index in [1.165, 1.54) is 12.3 Å². The zero-order valence-corrected chi connectivity index (χ0v) is 10.8. The number of β-amino-alcohol motifs (C(OH)–C–C–N with tert-alkyl or cyclic N) is 1. The summed E-state index contributed by atoms with van der Waals surface area (Å²) in [6, 6.07) is 1.44. The van der Waals surface area contributed by atoms with Crippen molar-refractivity contribution in [1.82, 2.24) is 9.88 Å². The lowest BCUT2D eigenvalue weighted by molar-refractivity contribution is 0.0572. The van der Waals surface area contributed by atoms with Crippen LogP contribution in [0.5, 0.6) is 0 Å². The van der Waals surface area contributed by atoms with Crippen LogP contribution in [0, 0.1) is 0 Å². The summed E-state index contributed by atoms with van der Waals surface area (Å²) >= 11 is 11.6. The molecule has 1 N–H and O–H groups in total. The molecule has 0 spiro atoms. The lowest BCUT2D eigenvalue weighted by Gasteiger charge is -2.19. The van der Waals surface area contributed by atoms with Crippen molar-refractivity contribution in [2.75, 3.05) is 13.1 Å². The summed E-state index contributed by atoms with van der Waals surface area (Å²) in [5.41, 5.74) is -0.497. The fourth-order valence-electron chi connectivity index (χ4n) is 1.87. The van der Waals surface area contributed by atoms with Gasteiger partial charge in [0.2, 0.25) is 0 Å². The Bertz CT molecular complexity index is 463. The molecule has 2 rings (SSSR count). The maximum Gasteiger partial charge on any atom is 0.255 e. The summed E-state index contributed by atoms with van der Waals surface area (Å²) < 4.78 is 0. The van der Waals surface area contributed by atoms with Gasteiger partial charge < -0.3 is 10.0 Å². The van der Waals surface area contributed by atoms with E-state index in [1.807, 2.05) is 0 Å². The van der Waals surface area contributed by atoms with E-state index in [2.05, 4.69) is 4.98 Å². The number of amides is 1. The Kier molecular flexibility index (Phi) is 3.30. The number of halogens is 2. The lowest BCUT2D eigenvalue weighted by Crippen LogP contribution is -2.34. The Morgan fingerprint density at radius 3 is 2.88 bits per heavy atom. The topological polar surface area (TPSA) is 53.4 Å². The minimum Gasteiger partial charge on any atom is -0.388 e. The van der Waals surface area contributed by atoms with Crippen molar-refractivity contribution in [3.63, 3.8) is 0 Å². The van der Waals surface area contributed by atoms with Gasteiger partial charge in [-0.2, -0.15) is 0 Å². The number of rotatable bonds is 1. The van der Waals surface area contributed by atoms with Crippen LogP contribution in [0.25, 0.3) is 0 Å². The van der Waals surface area contributed by atoms with Crippen molar-refractivity contribution in [3.05, 3.63) is 28.0 Å². The molecule has 1 aliphatic heterocycles. The molecule has 1 aliphatic rings. The zero-order chi connectivity index (χ0) is 12.6. The standard InChI is InChI=1S/C11H12Cl2N2O2/c1-11(17)2-3-15(6-11)10(16)7-4-9(13)14-5-8(7)12/h4-5,17H,2-3,6H2,1H3. The average molecular weight is 275 g/mol. The Labute approximate surface area is 109 Å². The number of hydrogen-bond donors (Lipinski definition) is 1. The Balaban J connectivity index is 2.23. The predicted octanol–water partition coefficient (Wildman–Crippen LogP) is 1.99. The number of aromatic nitrogens is 1. The molecular formula is C11H12Cl2N2O2. The van der Waals surface area contributed by atoms with Crippen molar-refractivity contribution in [1.29, 1.82) is 0 Å². The normalized spacial score (nSPS) is 24.1. The summed E-state index contributed by atoms with van der Waals surface area (Å²) in [6.45, 7) is 2.53. The second kappa shape index (κ2) is 4.44. The number of aliphatic hydroxyl groups is 1. The molecule has 0 aromatic carbocycles. The molecule has 17 heavy (non-hydrogen) atoms.